The molecule has 1 aliphatic heterocycles. The fraction of sp³-hybridized carbons (Fsp3) is 0.0625. The number of amides is 1. The zero-order valence-electron chi connectivity index (χ0n) is 11.0. The molecule has 2 aromatic carbocycles. The van der Waals surface area contributed by atoms with E-state index in [2.05, 4.69) is 15.5 Å². The van der Waals surface area contributed by atoms with E-state index < -0.39 is 0 Å². The Morgan fingerprint density at radius 2 is 1.76 bits per heavy atom. The molecule has 1 amide bonds. The lowest BCUT2D eigenvalue weighted by molar-refractivity contribution is -0.115. The maximum Gasteiger partial charge on any atom is 0.272 e. The quantitative estimate of drug-likeness (QED) is 0.715. The number of hydrogen-bond acceptors (Lipinski definition) is 3. The van der Waals surface area contributed by atoms with Crippen molar-refractivity contribution in [3.63, 3.8) is 0 Å². The van der Waals surface area contributed by atoms with Gasteiger partial charge in [-0.25, -0.2) is 5.10 Å². The van der Waals surface area contributed by atoms with Crippen LogP contribution in [0.4, 0.5) is 5.69 Å². The zero-order valence-corrected chi connectivity index (χ0v) is 11.0. The molecule has 2 heterocycles. The molecule has 0 saturated carbocycles. The van der Waals surface area contributed by atoms with Gasteiger partial charge in [0.25, 0.3) is 5.56 Å². The summed E-state index contributed by atoms with van der Waals surface area (Å²) in [7, 11) is 0. The molecular formula is C16H11N3O2. The molecule has 4 rings (SSSR count). The van der Waals surface area contributed by atoms with Crippen LogP contribution >= 0.6 is 0 Å². The van der Waals surface area contributed by atoms with Crippen LogP contribution in [0.5, 0.6) is 0 Å². The molecule has 0 spiro atoms. The number of hydrogen-bond donors (Lipinski definition) is 2. The van der Waals surface area contributed by atoms with Crippen LogP contribution in [0.25, 0.3) is 22.0 Å². The average molecular weight is 277 g/mol. The van der Waals surface area contributed by atoms with E-state index in [-0.39, 0.29) is 11.5 Å². The van der Waals surface area contributed by atoms with E-state index >= 15 is 0 Å². The first kappa shape index (κ1) is 11.8. The summed E-state index contributed by atoms with van der Waals surface area (Å²) in [6.07, 6.45) is 0.334. The minimum Gasteiger partial charge on any atom is -0.326 e. The molecule has 0 saturated heterocycles. The SMILES string of the molecule is O=C1Cc2c(cccc2-c2n[nH]c(=O)c3ccccc23)N1. The highest BCUT2D eigenvalue weighted by Crippen LogP contribution is 2.34. The fourth-order valence-corrected chi connectivity index (χ4v) is 2.79. The molecule has 0 bridgehead atoms. The van der Waals surface area contributed by atoms with Gasteiger partial charge in [-0.1, -0.05) is 30.3 Å². The van der Waals surface area contributed by atoms with Gasteiger partial charge in [0.05, 0.1) is 17.5 Å². The molecule has 102 valence electrons. The molecule has 0 fully saturated rings. The number of carbonyl (C=O) groups excluding carboxylic acids is 1. The lowest BCUT2D eigenvalue weighted by Crippen LogP contribution is -2.09. The fourth-order valence-electron chi connectivity index (χ4n) is 2.79. The Balaban J connectivity index is 2.06. The third-order valence-corrected chi connectivity index (χ3v) is 3.74. The lowest BCUT2D eigenvalue weighted by Gasteiger charge is -2.08. The van der Waals surface area contributed by atoms with Crippen LogP contribution in [-0.4, -0.2) is 16.1 Å². The number of fused-ring (bicyclic) bond motifs is 2. The van der Waals surface area contributed by atoms with Gasteiger partial charge in [-0.15, -0.1) is 0 Å². The number of aromatic amines is 1. The van der Waals surface area contributed by atoms with Crippen LogP contribution in [0.3, 0.4) is 0 Å². The Labute approximate surface area is 119 Å². The third-order valence-electron chi connectivity index (χ3n) is 3.74. The monoisotopic (exact) mass is 277 g/mol. The van der Waals surface area contributed by atoms with Crippen molar-refractivity contribution >= 4 is 22.4 Å². The number of nitrogens with one attached hydrogen (secondary N) is 2. The Kier molecular flexibility index (Phi) is 2.41. The van der Waals surface area contributed by atoms with Crippen LogP contribution in [0.15, 0.2) is 47.3 Å². The first-order valence-electron chi connectivity index (χ1n) is 6.63. The van der Waals surface area contributed by atoms with Crippen molar-refractivity contribution in [2.75, 3.05) is 5.32 Å². The second kappa shape index (κ2) is 4.28. The van der Waals surface area contributed by atoms with E-state index in [1.165, 1.54) is 0 Å². The smallest absolute Gasteiger partial charge is 0.272 e. The van der Waals surface area contributed by atoms with Gasteiger partial charge in [0.1, 0.15) is 0 Å². The Bertz CT molecular complexity index is 944. The zero-order chi connectivity index (χ0) is 14.4. The number of H-pyrrole nitrogens is 1. The topological polar surface area (TPSA) is 74.8 Å². The molecule has 5 heteroatoms. The maximum atomic E-state index is 11.9. The minimum absolute atomic E-state index is 0.0221. The highest BCUT2D eigenvalue weighted by molar-refractivity contribution is 6.03. The van der Waals surface area contributed by atoms with Crippen molar-refractivity contribution in [1.82, 2.24) is 10.2 Å². The molecule has 5 nitrogen and oxygen atoms in total. The van der Waals surface area contributed by atoms with E-state index in [4.69, 9.17) is 0 Å². The van der Waals surface area contributed by atoms with Crippen LogP contribution in [0.2, 0.25) is 0 Å². The van der Waals surface area contributed by atoms with Gasteiger partial charge in [0.2, 0.25) is 5.91 Å². The van der Waals surface area contributed by atoms with E-state index in [0.29, 0.717) is 17.5 Å². The predicted molar refractivity (Wildman–Crippen MR) is 80.1 cm³/mol. The van der Waals surface area contributed by atoms with Gasteiger partial charge < -0.3 is 5.32 Å². The molecule has 1 aromatic heterocycles. The van der Waals surface area contributed by atoms with Gasteiger partial charge in [-0.3, -0.25) is 9.59 Å². The molecule has 0 aliphatic carbocycles. The summed E-state index contributed by atoms with van der Waals surface area (Å²) in [6, 6.07) is 13.0. The summed E-state index contributed by atoms with van der Waals surface area (Å²) in [5.41, 5.74) is 3.09. The Hall–Kier alpha value is -2.95. The van der Waals surface area contributed by atoms with E-state index in [1.54, 1.807) is 6.07 Å². The molecular weight excluding hydrogens is 266 g/mol. The van der Waals surface area contributed by atoms with Gasteiger partial charge in [-0.05, 0) is 17.7 Å². The molecule has 0 atom stereocenters. The minimum atomic E-state index is -0.212. The first-order valence-corrected chi connectivity index (χ1v) is 6.63. The van der Waals surface area contributed by atoms with Crippen LogP contribution in [-0.2, 0) is 11.2 Å². The lowest BCUT2D eigenvalue weighted by atomic mass is 9.98. The van der Waals surface area contributed by atoms with Crippen LogP contribution < -0.4 is 10.9 Å². The van der Waals surface area contributed by atoms with Crippen molar-refractivity contribution in [3.8, 4) is 11.3 Å². The first-order chi connectivity index (χ1) is 10.2. The molecule has 0 radical (unpaired) electrons. The summed E-state index contributed by atoms with van der Waals surface area (Å²) < 4.78 is 0. The van der Waals surface area contributed by atoms with E-state index in [9.17, 15) is 9.59 Å². The molecule has 21 heavy (non-hydrogen) atoms. The van der Waals surface area contributed by atoms with Gasteiger partial charge in [0, 0.05) is 16.6 Å². The standard InChI is InChI=1S/C16H11N3O2/c20-14-8-12-10(6-3-7-13(12)17-14)15-9-4-1-2-5-11(9)16(21)19-18-15/h1-7H,8H2,(H,17,20)(H,19,21). The van der Waals surface area contributed by atoms with Crippen LogP contribution in [0, 0.1) is 0 Å². The third kappa shape index (κ3) is 1.74. The Morgan fingerprint density at radius 1 is 0.952 bits per heavy atom. The van der Waals surface area contributed by atoms with Crippen molar-refractivity contribution in [2.45, 2.75) is 6.42 Å². The normalized spacial score (nSPS) is 13.2. The number of nitrogens with zero attached hydrogens (tertiary/aromatic N) is 1. The highest BCUT2D eigenvalue weighted by Gasteiger charge is 2.22. The van der Waals surface area contributed by atoms with Gasteiger partial charge >= 0.3 is 0 Å². The molecule has 0 unspecified atom stereocenters. The van der Waals surface area contributed by atoms with Crippen molar-refractivity contribution in [3.05, 3.63) is 58.4 Å². The summed E-state index contributed by atoms with van der Waals surface area (Å²) in [5.74, 6) is -0.0221. The second-order valence-electron chi connectivity index (χ2n) is 5.00. The summed E-state index contributed by atoms with van der Waals surface area (Å²) in [6.45, 7) is 0. The van der Waals surface area contributed by atoms with Crippen molar-refractivity contribution < 1.29 is 4.79 Å². The average Bonchev–Trinajstić information content (AvgIpc) is 2.88. The molecule has 2 N–H and O–H groups in total. The summed E-state index contributed by atoms with van der Waals surface area (Å²) in [4.78, 5) is 23.5. The van der Waals surface area contributed by atoms with Crippen molar-refractivity contribution in [1.29, 1.82) is 0 Å². The predicted octanol–water partition coefficient (Wildman–Crippen LogP) is 2.08. The van der Waals surface area contributed by atoms with Gasteiger partial charge in [0.15, 0.2) is 0 Å². The number of aromatic nitrogens is 2. The van der Waals surface area contributed by atoms with Crippen LogP contribution in [0.1, 0.15) is 5.56 Å². The summed E-state index contributed by atoms with van der Waals surface area (Å²) >= 11 is 0. The Morgan fingerprint density at radius 3 is 2.62 bits per heavy atom. The number of anilines is 1. The molecule has 1 aliphatic rings. The van der Waals surface area contributed by atoms with Gasteiger partial charge in [-0.2, -0.15) is 5.10 Å². The number of rotatable bonds is 1. The second-order valence-corrected chi connectivity index (χ2v) is 5.00. The number of benzene rings is 2. The van der Waals surface area contributed by atoms with E-state index in [1.807, 2.05) is 36.4 Å². The largest absolute Gasteiger partial charge is 0.326 e. The highest BCUT2D eigenvalue weighted by atomic mass is 16.1. The van der Waals surface area contributed by atoms with Crippen molar-refractivity contribution in [2.24, 2.45) is 0 Å². The molecule has 3 aromatic rings. The number of carbonyl (C=O) groups is 1. The summed E-state index contributed by atoms with van der Waals surface area (Å²) in [5, 5.41) is 10.9. The maximum absolute atomic E-state index is 11.9. The van der Waals surface area contributed by atoms with E-state index in [0.717, 1.165) is 22.2 Å².